The average molecular weight is 336 g/mol. The predicted molar refractivity (Wildman–Crippen MR) is 97.4 cm³/mol. The molecule has 2 N–H and O–H groups in total. The molecular weight excluding hydrogens is 306 g/mol. The molecule has 2 aliphatic rings. The Labute approximate surface area is 143 Å². The molecule has 1 saturated carbocycles. The van der Waals surface area contributed by atoms with Gasteiger partial charge in [0, 0.05) is 35.8 Å². The number of hydrogen-bond acceptors (Lipinski definition) is 3. The Morgan fingerprint density at radius 1 is 1.22 bits per heavy atom. The number of aliphatic imine (C=N–C) groups is 1. The number of rotatable bonds is 5. The number of nitrogens with zero attached hydrogens (tertiary/aromatic N) is 1. The SMILES string of the molecule is CN=C(NCC1(C)COC1)NCC1(c2cccs2)CCCCC1. The second-order valence-corrected chi connectivity index (χ2v) is 8.35. The van der Waals surface area contributed by atoms with Crippen LogP contribution in [-0.4, -0.2) is 39.3 Å². The minimum atomic E-state index is 0.258. The van der Waals surface area contributed by atoms with Gasteiger partial charge in [-0.3, -0.25) is 4.99 Å². The molecule has 2 heterocycles. The van der Waals surface area contributed by atoms with Gasteiger partial charge in [0.15, 0.2) is 5.96 Å². The van der Waals surface area contributed by atoms with Crippen molar-refractivity contribution in [2.75, 3.05) is 33.4 Å². The van der Waals surface area contributed by atoms with E-state index < -0.39 is 0 Å². The van der Waals surface area contributed by atoms with Crippen LogP contribution >= 0.6 is 11.3 Å². The second kappa shape index (κ2) is 7.22. The maximum Gasteiger partial charge on any atom is 0.191 e. The standard InChI is InChI=1S/C18H29N3OS/c1-17(13-22-14-17)11-20-16(19-2)21-12-18(8-4-3-5-9-18)15-7-6-10-23-15/h6-7,10H,3-5,8-9,11-14H2,1-2H3,(H2,19,20,21). The molecule has 0 aromatic carbocycles. The normalized spacial score (nSPS) is 23.1. The molecule has 0 unspecified atom stereocenters. The first-order chi connectivity index (χ1) is 11.2. The van der Waals surface area contributed by atoms with E-state index in [1.54, 1.807) is 0 Å². The Hall–Kier alpha value is -1.07. The molecule has 2 fully saturated rings. The lowest BCUT2D eigenvalue weighted by atomic mass is 9.73. The zero-order valence-electron chi connectivity index (χ0n) is 14.4. The van der Waals surface area contributed by atoms with Gasteiger partial charge in [0.2, 0.25) is 0 Å². The molecule has 0 amide bonds. The van der Waals surface area contributed by atoms with Gasteiger partial charge in [-0.25, -0.2) is 0 Å². The monoisotopic (exact) mass is 335 g/mol. The van der Waals surface area contributed by atoms with Crippen molar-refractivity contribution in [3.05, 3.63) is 22.4 Å². The quantitative estimate of drug-likeness (QED) is 0.642. The van der Waals surface area contributed by atoms with E-state index in [4.69, 9.17) is 4.74 Å². The molecule has 0 spiro atoms. The van der Waals surface area contributed by atoms with Gasteiger partial charge < -0.3 is 15.4 Å². The lowest BCUT2D eigenvalue weighted by Gasteiger charge is -2.39. The minimum Gasteiger partial charge on any atom is -0.380 e. The molecular formula is C18H29N3OS. The van der Waals surface area contributed by atoms with Gasteiger partial charge in [-0.05, 0) is 24.3 Å². The average Bonchev–Trinajstić information content (AvgIpc) is 3.09. The fraction of sp³-hybridized carbons (Fsp3) is 0.722. The second-order valence-electron chi connectivity index (χ2n) is 7.40. The number of thiophene rings is 1. The third kappa shape index (κ3) is 3.89. The van der Waals surface area contributed by atoms with Crippen molar-refractivity contribution in [1.29, 1.82) is 0 Å². The van der Waals surface area contributed by atoms with Crippen molar-refractivity contribution in [3.8, 4) is 0 Å². The van der Waals surface area contributed by atoms with Crippen molar-refractivity contribution in [2.45, 2.75) is 44.4 Å². The lowest BCUT2D eigenvalue weighted by molar-refractivity contribution is -0.0971. The van der Waals surface area contributed by atoms with Gasteiger partial charge in [-0.2, -0.15) is 0 Å². The highest BCUT2D eigenvalue weighted by atomic mass is 32.1. The summed E-state index contributed by atoms with van der Waals surface area (Å²) in [5.74, 6) is 0.916. The first-order valence-electron chi connectivity index (χ1n) is 8.72. The van der Waals surface area contributed by atoms with Gasteiger partial charge in [0.1, 0.15) is 0 Å². The topological polar surface area (TPSA) is 45.7 Å². The zero-order valence-corrected chi connectivity index (χ0v) is 15.2. The van der Waals surface area contributed by atoms with E-state index >= 15 is 0 Å². The summed E-state index contributed by atoms with van der Waals surface area (Å²) in [7, 11) is 1.85. The maximum atomic E-state index is 5.33. The van der Waals surface area contributed by atoms with Crippen LogP contribution in [0.5, 0.6) is 0 Å². The van der Waals surface area contributed by atoms with Crippen LogP contribution in [0.3, 0.4) is 0 Å². The summed E-state index contributed by atoms with van der Waals surface area (Å²) in [6.07, 6.45) is 6.60. The number of guanidine groups is 1. The van der Waals surface area contributed by atoms with Crippen LogP contribution in [0.4, 0.5) is 0 Å². The molecule has 1 aliphatic carbocycles. The van der Waals surface area contributed by atoms with Crippen LogP contribution in [0.25, 0.3) is 0 Å². The van der Waals surface area contributed by atoms with Crippen molar-refractivity contribution < 1.29 is 4.74 Å². The molecule has 0 atom stereocenters. The Morgan fingerprint density at radius 3 is 2.52 bits per heavy atom. The van der Waals surface area contributed by atoms with Gasteiger partial charge in [-0.15, -0.1) is 11.3 Å². The van der Waals surface area contributed by atoms with Crippen molar-refractivity contribution >= 4 is 17.3 Å². The van der Waals surface area contributed by atoms with Gasteiger partial charge in [0.25, 0.3) is 0 Å². The molecule has 128 valence electrons. The molecule has 1 aromatic heterocycles. The predicted octanol–water partition coefficient (Wildman–Crippen LogP) is 3.15. The van der Waals surface area contributed by atoms with Crippen molar-refractivity contribution in [3.63, 3.8) is 0 Å². The van der Waals surface area contributed by atoms with Gasteiger partial charge in [0.05, 0.1) is 13.2 Å². The van der Waals surface area contributed by atoms with Crippen molar-refractivity contribution in [2.24, 2.45) is 10.4 Å². The van der Waals surface area contributed by atoms with E-state index in [0.717, 1.165) is 32.3 Å². The molecule has 5 heteroatoms. The molecule has 0 radical (unpaired) electrons. The highest BCUT2D eigenvalue weighted by Crippen LogP contribution is 2.41. The molecule has 1 aromatic rings. The fourth-order valence-corrected chi connectivity index (χ4v) is 4.63. The summed E-state index contributed by atoms with van der Waals surface area (Å²) >= 11 is 1.90. The molecule has 0 bridgehead atoms. The minimum absolute atomic E-state index is 0.258. The van der Waals surface area contributed by atoms with Crippen LogP contribution < -0.4 is 10.6 Å². The largest absolute Gasteiger partial charge is 0.380 e. The zero-order chi connectivity index (χ0) is 16.2. The highest BCUT2D eigenvalue weighted by Gasteiger charge is 2.36. The van der Waals surface area contributed by atoms with E-state index in [2.05, 4.69) is 40.1 Å². The Balaban J connectivity index is 1.59. The summed E-state index contributed by atoms with van der Waals surface area (Å²) in [5, 5.41) is 9.27. The van der Waals surface area contributed by atoms with Crippen LogP contribution in [0, 0.1) is 5.41 Å². The van der Waals surface area contributed by atoms with E-state index in [1.807, 2.05) is 18.4 Å². The third-order valence-electron chi connectivity index (χ3n) is 5.26. The van der Waals surface area contributed by atoms with Gasteiger partial charge >= 0.3 is 0 Å². The van der Waals surface area contributed by atoms with E-state index in [-0.39, 0.29) is 10.8 Å². The van der Waals surface area contributed by atoms with E-state index in [0.29, 0.717) is 0 Å². The van der Waals surface area contributed by atoms with E-state index in [9.17, 15) is 0 Å². The summed E-state index contributed by atoms with van der Waals surface area (Å²) in [5.41, 5.74) is 0.543. The summed E-state index contributed by atoms with van der Waals surface area (Å²) in [6.45, 7) is 5.83. The Bertz CT molecular complexity index is 516. The first kappa shape index (κ1) is 16.8. The molecule has 23 heavy (non-hydrogen) atoms. The van der Waals surface area contributed by atoms with Gasteiger partial charge in [-0.1, -0.05) is 32.3 Å². The number of ether oxygens (including phenoxy) is 1. The third-order valence-corrected chi connectivity index (χ3v) is 6.37. The fourth-order valence-electron chi connectivity index (χ4n) is 3.64. The summed E-state index contributed by atoms with van der Waals surface area (Å²) in [6, 6.07) is 4.49. The summed E-state index contributed by atoms with van der Waals surface area (Å²) < 4.78 is 5.33. The maximum absolute atomic E-state index is 5.33. The van der Waals surface area contributed by atoms with E-state index in [1.165, 1.54) is 37.0 Å². The molecule has 3 rings (SSSR count). The number of hydrogen-bond donors (Lipinski definition) is 2. The summed E-state index contributed by atoms with van der Waals surface area (Å²) in [4.78, 5) is 5.93. The molecule has 4 nitrogen and oxygen atoms in total. The van der Waals surface area contributed by atoms with Crippen LogP contribution in [0.1, 0.15) is 43.9 Å². The smallest absolute Gasteiger partial charge is 0.191 e. The first-order valence-corrected chi connectivity index (χ1v) is 9.60. The number of nitrogens with one attached hydrogen (secondary N) is 2. The Morgan fingerprint density at radius 2 is 1.96 bits per heavy atom. The molecule has 1 saturated heterocycles. The highest BCUT2D eigenvalue weighted by molar-refractivity contribution is 7.10. The Kier molecular flexibility index (Phi) is 5.27. The van der Waals surface area contributed by atoms with Crippen molar-refractivity contribution in [1.82, 2.24) is 10.6 Å². The van der Waals surface area contributed by atoms with Crippen LogP contribution in [0.2, 0.25) is 0 Å². The van der Waals surface area contributed by atoms with Crippen LogP contribution in [0.15, 0.2) is 22.5 Å². The van der Waals surface area contributed by atoms with Crippen LogP contribution in [-0.2, 0) is 10.2 Å². The lowest BCUT2D eigenvalue weighted by Crippen LogP contribution is -2.52. The molecule has 1 aliphatic heterocycles.